The van der Waals surface area contributed by atoms with Crippen molar-refractivity contribution >= 4 is 27.3 Å². The van der Waals surface area contributed by atoms with Crippen LogP contribution in [0.5, 0.6) is 0 Å². The van der Waals surface area contributed by atoms with Crippen LogP contribution in [0.15, 0.2) is 11.0 Å². The van der Waals surface area contributed by atoms with E-state index in [9.17, 15) is 13.2 Å². The zero-order valence-electron chi connectivity index (χ0n) is 12.6. The summed E-state index contributed by atoms with van der Waals surface area (Å²) in [6, 6.07) is 1.59. The van der Waals surface area contributed by atoms with E-state index in [-0.39, 0.29) is 12.6 Å². The van der Waals surface area contributed by atoms with Crippen LogP contribution in [0.2, 0.25) is 0 Å². The molecule has 1 aliphatic carbocycles. The number of hydrogen-bond acceptors (Lipinski definition) is 5. The number of esters is 1. The summed E-state index contributed by atoms with van der Waals surface area (Å²) in [6.07, 6.45) is 3.61. The van der Waals surface area contributed by atoms with Gasteiger partial charge in [0.25, 0.3) is 0 Å². The Morgan fingerprint density at radius 1 is 1.38 bits per heavy atom. The lowest BCUT2D eigenvalue weighted by molar-refractivity contribution is -0.141. The third-order valence-corrected chi connectivity index (χ3v) is 6.95. The Kier molecular flexibility index (Phi) is 5.06. The van der Waals surface area contributed by atoms with Gasteiger partial charge in [-0.2, -0.15) is 4.31 Å². The number of aryl methyl sites for hydroxylation is 2. The summed E-state index contributed by atoms with van der Waals surface area (Å²) in [5.74, 6) is -0.518. The van der Waals surface area contributed by atoms with Gasteiger partial charge >= 0.3 is 5.97 Å². The molecule has 1 fully saturated rings. The highest BCUT2D eigenvalue weighted by molar-refractivity contribution is 7.89. The Labute approximate surface area is 130 Å². The van der Waals surface area contributed by atoms with Crippen LogP contribution in [0.1, 0.15) is 35.4 Å². The molecule has 0 atom stereocenters. The predicted molar refractivity (Wildman–Crippen MR) is 82.0 cm³/mol. The second-order valence-corrected chi connectivity index (χ2v) is 8.66. The zero-order chi connectivity index (χ0) is 15.6. The van der Waals surface area contributed by atoms with Crippen LogP contribution in [0.4, 0.5) is 0 Å². The first kappa shape index (κ1) is 16.5. The van der Waals surface area contributed by atoms with Crippen molar-refractivity contribution in [3.05, 3.63) is 15.8 Å². The molecule has 1 aromatic rings. The van der Waals surface area contributed by atoms with Gasteiger partial charge in [0, 0.05) is 15.8 Å². The average molecular weight is 331 g/mol. The van der Waals surface area contributed by atoms with Gasteiger partial charge in [0.05, 0.1) is 12.0 Å². The molecular formula is C14H21NO4S2. The molecule has 5 nitrogen and oxygen atoms in total. The number of nitrogens with zero attached hydrogens (tertiary/aromatic N) is 1. The summed E-state index contributed by atoms with van der Waals surface area (Å²) in [6.45, 7) is 3.48. The van der Waals surface area contributed by atoms with E-state index in [4.69, 9.17) is 0 Å². The fraction of sp³-hybridized carbons (Fsp3) is 0.643. The van der Waals surface area contributed by atoms with E-state index in [1.165, 1.54) is 22.8 Å². The van der Waals surface area contributed by atoms with Crippen LogP contribution in [0.3, 0.4) is 0 Å². The molecule has 2 rings (SSSR count). The Bertz CT molecular complexity index is 615. The van der Waals surface area contributed by atoms with Gasteiger partial charge in [-0.15, -0.1) is 11.3 Å². The highest BCUT2D eigenvalue weighted by Gasteiger charge is 2.36. The van der Waals surface area contributed by atoms with Gasteiger partial charge in [0.15, 0.2) is 0 Å². The highest BCUT2D eigenvalue weighted by Crippen LogP contribution is 2.32. The molecule has 0 N–H and O–H groups in total. The molecule has 1 aliphatic rings. The first-order chi connectivity index (χ1) is 9.86. The average Bonchev–Trinajstić information content (AvgIpc) is 3.05. The van der Waals surface area contributed by atoms with E-state index < -0.39 is 16.0 Å². The Morgan fingerprint density at radius 2 is 2.00 bits per heavy atom. The van der Waals surface area contributed by atoms with Gasteiger partial charge in [-0.25, -0.2) is 8.42 Å². The maximum Gasteiger partial charge on any atom is 0.321 e. The molecule has 118 valence electrons. The summed E-state index contributed by atoms with van der Waals surface area (Å²) in [5.41, 5.74) is 0. The largest absolute Gasteiger partial charge is 0.468 e. The van der Waals surface area contributed by atoms with Crippen LogP contribution in [0.25, 0.3) is 0 Å². The number of methoxy groups -OCH3 is 1. The quantitative estimate of drug-likeness (QED) is 0.778. The number of carbonyl (C=O) groups is 1. The first-order valence-electron chi connectivity index (χ1n) is 7.02. The number of ether oxygens (including phenoxy) is 1. The second kappa shape index (κ2) is 6.46. The number of hydrogen-bond donors (Lipinski definition) is 0. The van der Waals surface area contributed by atoms with Crippen LogP contribution < -0.4 is 0 Å². The van der Waals surface area contributed by atoms with E-state index in [2.05, 4.69) is 4.74 Å². The third-order valence-electron chi connectivity index (χ3n) is 3.83. The molecular weight excluding hydrogens is 310 g/mol. The monoisotopic (exact) mass is 331 g/mol. The molecule has 0 aromatic carbocycles. The number of carbonyl (C=O) groups excluding carboxylic acids is 1. The van der Waals surface area contributed by atoms with Crippen LogP contribution >= 0.6 is 11.3 Å². The van der Waals surface area contributed by atoms with Gasteiger partial charge in [0.2, 0.25) is 10.0 Å². The lowest BCUT2D eigenvalue weighted by Gasteiger charge is -2.26. The first-order valence-corrected chi connectivity index (χ1v) is 9.27. The lowest BCUT2D eigenvalue weighted by atomic mass is 10.2. The predicted octanol–water partition coefficient (Wildman–Crippen LogP) is 2.47. The normalized spacial score (nSPS) is 16.6. The van der Waals surface area contributed by atoms with Gasteiger partial charge in [-0.3, -0.25) is 4.79 Å². The van der Waals surface area contributed by atoms with Crippen LogP contribution in [-0.4, -0.2) is 38.4 Å². The summed E-state index contributed by atoms with van der Waals surface area (Å²) in [7, 11) is -2.38. The smallest absolute Gasteiger partial charge is 0.321 e. The summed E-state index contributed by atoms with van der Waals surface area (Å²) in [4.78, 5) is 13.7. The topological polar surface area (TPSA) is 63.7 Å². The van der Waals surface area contributed by atoms with Crippen molar-refractivity contribution in [2.45, 2.75) is 50.5 Å². The van der Waals surface area contributed by atoms with Crippen molar-refractivity contribution in [2.75, 3.05) is 13.7 Å². The number of sulfonamides is 1. The minimum Gasteiger partial charge on any atom is -0.468 e. The summed E-state index contributed by atoms with van der Waals surface area (Å²) in [5, 5.41) is 0. The van der Waals surface area contributed by atoms with Crippen molar-refractivity contribution in [1.29, 1.82) is 0 Å². The number of rotatable bonds is 5. The molecule has 0 aliphatic heterocycles. The van der Waals surface area contributed by atoms with Crippen molar-refractivity contribution < 1.29 is 17.9 Å². The van der Waals surface area contributed by atoms with Gasteiger partial charge < -0.3 is 4.74 Å². The Morgan fingerprint density at radius 3 is 2.48 bits per heavy atom. The minimum absolute atomic E-state index is 0.103. The molecule has 1 saturated carbocycles. The summed E-state index contributed by atoms with van der Waals surface area (Å²) >= 11 is 1.46. The molecule has 0 unspecified atom stereocenters. The zero-order valence-corrected chi connectivity index (χ0v) is 14.2. The van der Waals surface area contributed by atoms with Crippen LogP contribution in [0, 0.1) is 13.8 Å². The molecule has 0 saturated heterocycles. The number of thiophene rings is 1. The fourth-order valence-corrected chi connectivity index (χ4v) is 5.94. The van der Waals surface area contributed by atoms with E-state index in [0.717, 1.165) is 35.4 Å². The summed E-state index contributed by atoms with van der Waals surface area (Å²) < 4.78 is 31.9. The van der Waals surface area contributed by atoms with Gasteiger partial charge in [-0.1, -0.05) is 12.8 Å². The van der Waals surface area contributed by atoms with E-state index in [1.54, 1.807) is 13.0 Å². The van der Waals surface area contributed by atoms with E-state index in [1.807, 2.05) is 6.92 Å². The maximum absolute atomic E-state index is 12.9. The Hall–Kier alpha value is -0.920. The van der Waals surface area contributed by atoms with Crippen molar-refractivity contribution in [1.82, 2.24) is 4.31 Å². The maximum atomic E-state index is 12.9. The molecule has 21 heavy (non-hydrogen) atoms. The van der Waals surface area contributed by atoms with Crippen molar-refractivity contribution in [3.8, 4) is 0 Å². The highest BCUT2D eigenvalue weighted by atomic mass is 32.2. The van der Waals surface area contributed by atoms with Crippen LogP contribution in [-0.2, 0) is 19.6 Å². The fourth-order valence-electron chi connectivity index (χ4n) is 2.78. The minimum atomic E-state index is -3.66. The second-order valence-electron chi connectivity index (χ2n) is 5.34. The third kappa shape index (κ3) is 3.46. The molecule has 0 spiro atoms. The van der Waals surface area contributed by atoms with E-state index in [0.29, 0.717) is 4.90 Å². The molecule has 0 radical (unpaired) electrons. The SMILES string of the molecule is COC(=O)CN(C1CCCC1)S(=O)(=O)c1cc(C)sc1C. The standard InChI is InChI=1S/C14H21NO4S2/c1-10-8-13(11(2)20-10)21(17,18)15(9-14(16)19-3)12-6-4-5-7-12/h8,12H,4-7,9H2,1-3H3. The van der Waals surface area contributed by atoms with E-state index >= 15 is 0 Å². The van der Waals surface area contributed by atoms with Crippen molar-refractivity contribution in [2.24, 2.45) is 0 Å². The van der Waals surface area contributed by atoms with Gasteiger partial charge in [0.1, 0.15) is 6.54 Å². The lowest BCUT2D eigenvalue weighted by Crippen LogP contribution is -2.42. The molecule has 1 heterocycles. The van der Waals surface area contributed by atoms with Gasteiger partial charge in [-0.05, 0) is 32.8 Å². The molecule has 0 amide bonds. The van der Waals surface area contributed by atoms with Crippen molar-refractivity contribution in [3.63, 3.8) is 0 Å². The Balaban J connectivity index is 2.38. The molecule has 7 heteroatoms. The molecule has 1 aromatic heterocycles. The molecule has 0 bridgehead atoms.